The van der Waals surface area contributed by atoms with Crippen molar-refractivity contribution in [3.05, 3.63) is 77.7 Å². The van der Waals surface area contributed by atoms with Gasteiger partial charge in [0, 0.05) is 11.9 Å². The predicted octanol–water partition coefficient (Wildman–Crippen LogP) is 4.17. The minimum atomic E-state index is -0.376. The van der Waals surface area contributed by atoms with E-state index in [1.165, 1.54) is 6.20 Å². The molecular formula is C17H12ClN3O2. The van der Waals surface area contributed by atoms with Crippen molar-refractivity contribution in [1.82, 2.24) is 9.97 Å². The van der Waals surface area contributed by atoms with E-state index in [-0.39, 0.29) is 22.6 Å². The number of benzene rings is 2. The molecule has 23 heavy (non-hydrogen) atoms. The summed E-state index contributed by atoms with van der Waals surface area (Å²) in [5.74, 6) is 0.277. The molecule has 2 aromatic carbocycles. The van der Waals surface area contributed by atoms with Gasteiger partial charge < -0.3 is 10.1 Å². The second kappa shape index (κ2) is 6.89. The van der Waals surface area contributed by atoms with E-state index in [0.29, 0.717) is 11.4 Å². The standard InChI is InChI=1S/C17H12ClN3O2/c18-17-19-11-14(15(22)20-12-7-3-1-4-8-12)16(21-17)23-13-9-5-2-6-10-13/h1-11H,(H,20,22). The maximum atomic E-state index is 12.4. The van der Waals surface area contributed by atoms with Gasteiger partial charge >= 0.3 is 0 Å². The largest absolute Gasteiger partial charge is 0.438 e. The molecule has 5 nitrogen and oxygen atoms in total. The molecule has 0 fully saturated rings. The molecule has 0 atom stereocenters. The molecule has 0 unspecified atom stereocenters. The number of carbonyl (C=O) groups is 1. The minimum absolute atomic E-state index is 0.00666. The van der Waals surface area contributed by atoms with E-state index < -0.39 is 0 Å². The normalized spacial score (nSPS) is 10.1. The summed E-state index contributed by atoms with van der Waals surface area (Å²) in [4.78, 5) is 20.3. The lowest BCUT2D eigenvalue weighted by Gasteiger charge is -2.10. The first-order valence-electron chi connectivity index (χ1n) is 6.84. The predicted molar refractivity (Wildman–Crippen MR) is 88.0 cm³/mol. The number of nitrogens with zero attached hydrogens (tertiary/aromatic N) is 2. The van der Waals surface area contributed by atoms with Gasteiger partial charge in [-0.3, -0.25) is 4.79 Å². The Labute approximate surface area is 137 Å². The number of halogens is 1. The highest BCUT2D eigenvalue weighted by Gasteiger charge is 2.16. The van der Waals surface area contributed by atoms with Crippen LogP contribution in [0, 0.1) is 0 Å². The average Bonchev–Trinajstić information content (AvgIpc) is 2.57. The maximum Gasteiger partial charge on any atom is 0.262 e. The number of hydrogen-bond acceptors (Lipinski definition) is 4. The Morgan fingerprint density at radius 3 is 2.35 bits per heavy atom. The Morgan fingerprint density at radius 2 is 1.65 bits per heavy atom. The zero-order valence-corrected chi connectivity index (χ0v) is 12.7. The first-order chi connectivity index (χ1) is 11.2. The molecule has 3 rings (SSSR count). The maximum absolute atomic E-state index is 12.4. The number of amides is 1. The summed E-state index contributed by atoms with van der Waals surface area (Å²) < 4.78 is 5.65. The number of aromatic nitrogens is 2. The van der Waals surface area contributed by atoms with Crippen LogP contribution in [-0.4, -0.2) is 15.9 Å². The van der Waals surface area contributed by atoms with Gasteiger partial charge in [-0.15, -0.1) is 0 Å². The van der Waals surface area contributed by atoms with Crippen molar-refractivity contribution in [2.75, 3.05) is 5.32 Å². The molecule has 1 aromatic heterocycles. The SMILES string of the molecule is O=C(Nc1ccccc1)c1cnc(Cl)nc1Oc1ccccc1. The molecular weight excluding hydrogens is 314 g/mol. The van der Waals surface area contributed by atoms with Gasteiger partial charge in [-0.2, -0.15) is 4.98 Å². The number of para-hydroxylation sites is 2. The fourth-order valence-corrected chi connectivity index (χ4v) is 2.03. The third-order valence-corrected chi connectivity index (χ3v) is 3.14. The topological polar surface area (TPSA) is 64.1 Å². The minimum Gasteiger partial charge on any atom is -0.438 e. The molecule has 0 bridgehead atoms. The Kier molecular flexibility index (Phi) is 4.49. The van der Waals surface area contributed by atoms with E-state index in [0.717, 1.165) is 0 Å². The van der Waals surface area contributed by atoms with Crippen LogP contribution in [0.1, 0.15) is 10.4 Å². The molecule has 1 amide bonds. The van der Waals surface area contributed by atoms with Crippen LogP contribution in [0.25, 0.3) is 0 Å². The third-order valence-electron chi connectivity index (χ3n) is 2.96. The van der Waals surface area contributed by atoms with Crippen molar-refractivity contribution in [3.63, 3.8) is 0 Å². The van der Waals surface area contributed by atoms with Gasteiger partial charge in [0.2, 0.25) is 11.2 Å². The summed E-state index contributed by atoms with van der Waals surface area (Å²) in [6, 6.07) is 18.1. The molecule has 3 aromatic rings. The molecule has 0 aliphatic carbocycles. The van der Waals surface area contributed by atoms with Gasteiger partial charge in [0.1, 0.15) is 11.3 Å². The molecule has 0 radical (unpaired) electrons. The summed E-state index contributed by atoms with van der Waals surface area (Å²) >= 11 is 5.81. The molecule has 0 saturated heterocycles. The third kappa shape index (κ3) is 3.84. The quantitative estimate of drug-likeness (QED) is 0.731. The second-order valence-electron chi connectivity index (χ2n) is 4.59. The molecule has 1 N–H and O–H groups in total. The summed E-state index contributed by atoms with van der Waals surface area (Å²) in [5, 5.41) is 2.77. The lowest BCUT2D eigenvalue weighted by atomic mass is 10.2. The zero-order chi connectivity index (χ0) is 16.1. The van der Waals surface area contributed by atoms with Gasteiger partial charge in [0.25, 0.3) is 5.91 Å². The number of carbonyl (C=O) groups excluding carboxylic acids is 1. The number of rotatable bonds is 4. The molecule has 1 heterocycles. The highest BCUT2D eigenvalue weighted by Crippen LogP contribution is 2.24. The molecule has 0 aliphatic rings. The fourth-order valence-electron chi connectivity index (χ4n) is 1.90. The van der Waals surface area contributed by atoms with Crippen molar-refractivity contribution in [2.45, 2.75) is 0 Å². The van der Waals surface area contributed by atoms with Crippen LogP contribution in [0.5, 0.6) is 11.6 Å². The lowest BCUT2D eigenvalue weighted by Crippen LogP contribution is -2.14. The van der Waals surface area contributed by atoms with Gasteiger partial charge in [-0.25, -0.2) is 4.98 Å². The van der Waals surface area contributed by atoms with E-state index in [1.54, 1.807) is 24.3 Å². The smallest absolute Gasteiger partial charge is 0.262 e. The fraction of sp³-hybridized carbons (Fsp3) is 0. The Bertz CT molecular complexity index is 811. The summed E-state index contributed by atoms with van der Waals surface area (Å²) in [6.45, 7) is 0. The Balaban J connectivity index is 1.88. The van der Waals surface area contributed by atoms with E-state index in [9.17, 15) is 4.79 Å². The first-order valence-corrected chi connectivity index (χ1v) is 7.22. The van der Waals surface area contributed by atoms with E-state index >= 15 is 0 Å². The lowest BCUT2D eigenvalue weighted by molar-refractivity contribution is 0.102. The van der Waals surface area contributed by atoms with Gasteiger partial charge in [0.15, 0.2) is 0 Å². The average molecular weight is 326 g/mol. The van der Waals surface area contributed by atoms with E-state index in [2.05, 4.69) is 15.3 Å². The number of hydrogen-bond donors (Lipinski definition) is 1. The number of nitrogens with one attached hydrogen (secondary N) is 1. The van der Waals surface area contributed by atoms with Crippen LogP contribution in [0.3, 0.4) is 0 Å². The van der Waals surface area contributed by atoms with Crippen molar-refractivity contribution in [1.29, 1.82) is 0 Å². The molecule has 6 heteroatoms. The van der Waals surface area contributed by atoms with Crippen LogP contribution < -0.4 is 10.1 Å². The van der Waals surface area contributed by atoms with Gasteiger partial charge in [0.05, 0.1) is 0 Å². The number of ether oxygens (including phenoxy) is 1. The molecule has 0 spiro atoms. The van der Waals surface area contributed by atoms with E-state index in [4.69, 9.17) is 16.3 Å². The first kappa shape index (κ1) is 15.0. The number of anilines is 1. The van der Waals surface area contributed by atoms with Crippen LogP contribution >= 0.6 is 11.6 Å². The summed E-state index contributed by atoms with van der Waals surface area (Å²) in [6.07, 6.45) is 1.34. The zero-order valence-electron chi connectivity index (χ0n) is 11.9. The summed E-state index contributed by atoms with van der Waals surface area (Å²) in [7, 11) is 0. The Hall–Kier alpha value is -2.92. The van der Waals surface area contributed by atoms with Gasteiger partial charge in [-0.05, 0) is 35.9 Å². The Morgan fingerprint density at radius 1 is 1.00 bits per heavy atom. The highest BCUT2D eigenvalue weighted by molar-refractivity contribution is 6.28. The van der Waals surface area contributed by atoms with Crippen molar-refractivity contribution < 1.29 is 9.53 Å². The van der Waals surface area contributed by atoms with E-state index in [1.807, 2.05) is 36.4 Å². The van der Waals surface area contributed by atoms with Crippen molar-refractivity contribution >= 4 is 23.2 Å². The van der Waals surface area contributed by atoms with Crippen LogP contribution in [0.4, 0.5) is 5.69 Å². The summed E-state index contributed by atoms with van der Waals surface area (Å²) in [5.41, 5.74) is 0.861. The van der Waals surface area contributed by atoms with Crippen LogP contribution in [-0.2, 0) is 0 Å². The highest BCUT2D eigenvalue weighted by atomic mass is 35.5. The molecule has 114 valence electrons. The molecule has 0 aliphatic heterocycles. The van der Waals surface area contributed by atoms with Gasteiger partial charge in [-0.1, -0.05) is 36.4 Å². The van der Waals surface area contributed by atoms with Crippen LogP contribution in [0.15, 0.2) is 66.9 Å². The van der Waals surface area contributed by atoms with Crippen LogP contribution in [0.2, 0.25) is 5.28 Å². The monoisotopic (exact) mass is 325 g/mol. The molecule has 0 saturated carbocycles. The second-order valence-corrected chi connectivity index (χ2v) is 4.93. The van der Waals surface area contributed by atoms with Crippen molar-refractivity contribution in [2.24, 2.45) is 0 Å². The van der Waals surface area contributed by atoms with Crippen molar-refractivity contribution in [3.8, 4) is 11.6 Å².